The van der Waals surface area contributed by atoms with Crippen LogP contribution in [-0.2, 0) is 26.8 Å². The van der Waals surface area contributed by atoms with E-state index in [1.54, 1.807) is 42.5 Å². The van der Waals surface area contributed by atoms with E-state index in [1.807, 2.05) is 0 Å². The van der Waals surface area contributed by atoms with Crippen molar-refractivity contribution < 1.29 is 28.4 Å². The summed E-state index contributed by atoms with van der Waals surface area (Å²) in [5.41, 5.74) is 0.973. The number of carboxylic acids is 1. The quantitative estimate of drug-likeness (QED) is 0.753. The highest BCUT2D eigenvalue weighted by molar-refractivity contribution is 7.85. The van der Waals surface area contributed by atoms with Gasteiger partial charge in [0.1, 0.15) is 13.2 Å². The maximum absolute atomic E-state index is 12.5. The fourth-order valence-electron chi connectivity index (χ4n) is 2.64. The summed E-state index contributed by atoms with van der Waals surface area (Å²) in [6, 6.07) is 11.8. The van der Waals surface area contributed by atoms with Crippen LogP contribution in [-0.4, -0.2) is 40.2 Å². The Labute approximate surface area is 158 Å². The van der Waals surface area contributed by atoms with E-state index < -0.39 is 16.8 Å². The van der Waals surface area contributed by atoms with E-state index in [0.29, 0.717) is 40.9 Å². The highest BCUT2D eigenvalue weighted by Crippen LogP contribution is 2.31. The molecule has 0 saturated heterocycles. The predicted octanol–water partition coefficient (Wildman–Crippen LogP) is 2.22. The van der Waals surface area contributed by atoms with E-state index in [1.165, 1.54) is 0 Å². The summed E-state index contributed by atoms with van der Waals surface area (Å²) in [5, 5.41) is 11.6. The zero-order valence-electron chi connectivity index (χ0n) is 14.5. The molecule has 1 heterocycles. The number of carbonyl (C=O) groups excluding carboxylic acids is 1. The maximum atomic E-state index is 12.5. The van der Waals surface area contributed by atoms with Crippen molar-refractivity contribution in [3.05, 3.63) is 48.0 Å². The van der Waals surface area contributed by atoms with Crippen LogP contribution < -0.4 is 14.8 Å². The van der Waals surface area contributed by atoms with Crippen molar-refractivity contribution in [2.45, 2.75) is 17.7 Å². The fourth-order valence-corrected chi connectivity index (χ4v) is 3.71. The molecule has 0 radical (unpaired) electrons. The normalized spacial score (nSPS) is 13.6. The van der Waals surface area contributed by atoms with Crippen molar-refractivity contribution in [2.75, 3.05) is 24.3 Å². The third kappa shape index (κ3) is 5.07. The van der Waals surface area contributed by atoms with Gasteiger partial charge in [0.25, 0.3) is 0 Å². The van der Waals surface area contributed by atoms with Gasteiger partial charge in [-0.1, -0.05) is 18.2 Å². The molecule has 7 nitrogen and oxygen atoms in total. The van der Waals surface area contributed by atoms with Crippen LogP contribution in [0.25, 0.3) is 0 Å². The molecule has 0 aromatic heterocycles. The summed E-state index contributed by atoms with van der Waals surface area (Å²) in [4.78, 5) is 23.7. The molecule has 0 bridgehead atoms. The maximum Gasteiger partial charge on any atom is 0.307 e. The van der Waals surface area contributed by atoms with Gasteiger partial charge in [-0.15, -0.1) is 0 Å². The molecule has 142 valence electrons. The molecule has 1 aliphatic heterocycles. The number of aliphatic carboxylic acids is 1. The van der Waals surface area contributed by atoms with Crippen molar-refractivity contribution in [2.24, 2.45) is 0 Å². The first-order valence-corrected chi connectivity index (χ1v) is 9.72. The second kappa shape index (κ2) is 8.68. The number of carboxylic acid groups (broad SMARTS) is 1. The molecule has 0 aliphatic carbocycles. The molecule has 0 spiro atoms. The molecule has 1 unspecified atom stereocenters. The monoisotopic (exact) mass is 389 g/mol. The molecule has 3 rings (SSSR count). The minimum Gasteiger partial charge on any atom is -0.486 e. The van der Waals surface area contributed by atoms with Crippen LogP contribution in [0.3, 0.4) is 0 Å². The molecule has 0 fully saturated rings. The third-order valence-corrected chi connectivity index (χ3v) is 5.28. The number of benzene rings is 2. The van der Waals surface area contributed by atoms with Gasteiger partial charge in [0.2, 0.25) is 5.91 Å². The van der Waals surface area contributed by atoms with Crippen molar-refractivity contribution in [3.63, 3.8) is 0 Å². The lowest BCUT2D eigenvalue weighted by molar-refractivity contribution is -0.136. The Morgan fingerprint density at radius 1 is 1.07 bits per heavy atom. The Kier molecular flexibility index (Phi) is 6.08. The summed E-state index contributed by atoms with van der Waals surface area (Å²) >= 11 is 0. The van der Waals surface area contributed by atoms with Crippen LogP contribution in [0.5, 0.6) is 11.5 Å². The van der Waals surface area contributed by atoms with Crippen molar-refractivity contribution in [1.29, 1.82) is 0 Å². The van der Waals surface area contributed by atoms with Crippen molar-refractivity contribution >= 4 is 28.4 Å². The summed E-state index contributed by atoms with van der Waals surface area (Å²) in [7, 11) is -1.36. The van der Waals surface area contributed by atoms with Gasteiger partial charge >= 0.3 is 5.97 Å². The SMILES string of the molecule is O=C(O)Cc1ccccc1NC(=O)CCS(=O)c1ccc2c(c1)OCCO2. The van der Waals surface area contributed by atoms with Gasteiger partial charge in [-0.2, -0.15) is 0 Å². The fraction of sp³-hybridized carbons (Fsp3) is 0.263. The van der Waals surface area contributed by atoms with E-state index in [4.69, 9.17) is 14.6 Å². The first kappa shape index (κ1) is 18.9. The van der Waals surface area contributed by atoms with E-state index in [9.17, 15) is 13.8 Å². The highest BCUT2D eigenvalue weighted by Gasteiger charge is 2.16. The molecule has 2 aromatic carbocycles. The summed E-state index contributed by atoms with van der Waals surface area (Å²) in [6.07, 6.45) is -0.137. The van der Waals surface area contributed by atoms with Crippen LogP contribution >= 0.6 is 0 Å². The minimum absolute atomic E-state index is 0.0441. The zero-order chi connectivity index (χ0) is 19.2. The first-order chi connectivity index (χ1) is 13.0. The average molecular weight is 389 g/mol. The molecular formula is C19H19NO6S. The molecule has 1 amide bonds. The highest BCUT2D eigenvalue weighted by atomic mass is 32.2. The minimum atomic E-state index is -1.36. The van der Waals surface area contributed by atoms with Gasteiger partial charge in [-0.25, -0.2) is 0 Å². The van der Waals surface area contributed by atoms with Crippen LogP contribution in [0.1, 0.15) is 12.0 Å². The predicted molar refractivity (Wildman–Crippen MR) is 99.7 cm³/mol. The first-order valence-electron chi connectivity index (χ1n) is 8.40. The number of nitrogens with one attached hydrogen (secondary N) is 1. The smallest absolute Gasteiger partial charge is 0.307 e. The van der Waals surface area contributed by atoms with Gasteiger partial charge in [0.15, 0.2) is 11.5 Å². The Balaban J connectivity index is 1.58. The second-order valence-electron chi connectivity index (χ2n) is 5.88. The number of hydrogen-bond acceptors (Lipinski definition) is 5. The number of amides is 1. The number of anilines is 1. The second-order valence-corrected chi connectivity index (χ2v) is 7.45. The molecule has 1 aliphatic rings. The standard InChI is InChI=1S/C19H19NO6S/c21-18(20-15-4-2-1-3-13(15)11-19(22)23)7-10-27(24)14-5-6-16-17(12-14)26-9-8-25-16/h1-6,12H,7-11H2,(H,20,21)(H,22,23). The van der Waals surface area contributed by atoms with Crippen LogP contribution in [0.15, 0.2) is 47.4 Å². The molecule has 1 atom stereocenters. The number of para-hydroxylation sites is 1. The van der Waals surface area contributed by atoms with E-state index in [-0.39, 0.29) is 24.5 Å². The number of rotatable bonds is 7. The molecule has 2 aromatic rings. The van der Waals surface area contributed by atoms with E-state index in [2.05, 4.69) is 5.32 Å². The summed E-state index contributed by atoms with van der Waals surface area (Å²) in [5.74, 6) is 0.0242. The van der Waals surface area contributed by atoms with E-state index >= 15 is 0 Å². The lowest BCUT2D eigenvalue weighted by atomic mass is 10.1. The topological polar surface area (TPSA) is 102 Å². The Morgan fingerprint density at radius 2 is 1.81 bits per heavy atom. The lowest BCUT2D eigenvalue weighted by Gasteiger charge is -2.18. The molecule has 8 heteroatoms. The third-order valence-electron chi connectivity index (χ3n) is 3.92. The zero-order valence-corrected chi connectivity index (χ0v) is 15.3. The Bertz CT molecular complexity index is 882. The van der Waals surface area contributed by atoms with Gasteiger partial charge in [-0.3, -0.25) is 13.8 Å². The van der Waals surface area contributed by atoms with Gasteiger partial charge in [0.05, 0.1) is 17.2 Å². The number of ether oxygens (including phenoxy) is 2. The molecule has 27 heavy (non-hydrogen) atoms. The Hall–Kier alpha value is -2.87. The van der Waals surface area contributed by atoms with E-state index in [0.717, 1.165) is 0 Å². The van der Waals surface area contributed by atoms with Crippen molar-refractivity contribution in [3.8, 4) is 11.5 Å². The number of carbonyl (C=O) groups is 2. The van der Waals surface area contributed by atoms with Crippen LogP contribution in [0, 0.1) is 0 Å². The van der Waals surface area contributed by atoms with Gasteiger partial charge < -0.3 is 19.9 Å². The largest absolute Gasteiger partial charge is 0.486 e. The molecule has 2 N–H and O–H groups in total. The average Bonchev–Trinajstić information content (AvgIpc) is 2.67. The summed E-state index contributed by atoms with van der Waals surface area (Å²) < 4.78 is 23.4. The molecule has 0 saturated carbocycles. The lowest BCUT2D eigenvalue weighted by Crippen LogP contribution is -2.17. The van der Waals surface area contributed by atoms with Crippen LogP contribution in [0.4, 0.5) is 5.69 Å². The van der Waals surface area contributed by atoms with Gasteiger partial charge in [-0.05, 0) is 23.8 Å². The summed E-state index contributed by atoms with van der Waals surface area (Å²) in [6.45, 7) is 0.931. The number of hydrogen-bond donors (Lipinski definition) is 2. The van der Waals surface area contributed by atoms with Crippen LogP contribution in [0.2, 0.25) is 0 Å². The van der Waals surface area contributed by atoms with Crippen molar-refractivity contribution in [1.82, 2.24) is 0 Å². The Morgan fingerprint density at radius 3 is 2.59 bits per heavy atom. The van der Waals surface area contributed by atoms with Gasteiger partial charge in [0, 0.05) is 28.8 Å². The molecular weight excluding hydrogens is 370 g/mol. The number of fused-ring (bicyclic) bond motifs is 1.